The van der Waals surface area contributed by atoms with Gasteiger partial charge in [0, 0.05) is 12.2 Å². The fourth-order valence-electron chi connectivity index (χ4n) is 1.51. The molecule has 13 heavy (non-hydrogen) atoms. The minimum atomic E-state index is 0.624. The number of hydrogen-bond donors (Lipinski definition) is 0. The normalized spacial score (nSPS) is 16.7. The van der Waals surface area contributed by atoms with Crippen LogP contribution in [0.3, 0.4) is 0 Å². The van der Waals surface area contributed by atoms with Gasteiger partial charge in [-0.15, -0.1) is 0 Å². The Kier molecular flexibility index (Phi) is 1.38. The molecule has 2 aromatic rings. The van der Waals surface area contributed by atoms with Gasteiger partial charge in [-0.1, -0.05) is 11.6 Å². The fourth-order valence-corrected chi connectivity index (χ4v) is 1.67. The van der Waals surface area contributed by atoms with Gasteiger partial charge in [0.25, 0.3) is 0 Å². The summed E-state index contributed by atoms with van der Waals surface area (Å²) in [5, 5.41) is 0.647. The van der Waals surface area contributed by atoms with E-state index in [0.717, 1.165) is 11.2 Å². The van der Waals surface area contributed by atoms with Crippen molar-refractivity contribution in [1.29, 1.82) is 0 Å². The number of nitrogens with zero attached hydrogens (tertiary/aromatic N) is 3. The molecule has 0 saturated heterocycles. The zero-order chi connectivity index (χ0) is 8.84. The van der Waals surface area contributed by atoms with Gasteiger partial charge >= 0.3 is 0 Å². The molecule has 3 rings (SSSR count). The van der Waals surface area contributed by atoms with E-state index in [1.807, 2.05) is 12.4 Å². The summed E-state index contributed by atoms with van der Waals surface area (Å²) < 4.78 is 2.13. The fraction of sp³-hybridized carbons (Fsp3) is 0.333. The van der Waals surface area contributed by atoms with E-state index in [1.54, 1.807) is 6.20 Å². The summed E-state index contributed by atoms with van der Waals surface area (Å²) >= 11 is 5.81. The van der Waals surface area contributed by atoms with Crippen LogP contribution >= 0.6 is 11.6 Å². The maximum atomic E-state index is 5.81. The van der Waals surface area contributed by atoms with Crippen LogP contribution in [0.4, 0.5) is 0 Å². The number of halogens is 1. The van der Waals surface area contributed by atoms with E-state index in [0.29, 0.717) is 11.1 Å². The van der Waals surface area contributed by atoms with Crippen molar-refractivity contribution >= 4 is 22.8 Å². The molecule has 0 atom stereocenters. The minimum Gasteiger partial charge on any atom is -0.312 e. The molecule has 0 amide bonds. The van der Waals surface area contributed by atoms with Crippen molar-refractivity contribution in [1.82, 2.24) is 14.5 Å². The summed E-state index contributed by atoms with van der Waals surface area (Å²) in [6.07, 6.45) is 6.02. The summed E-state index contributed by atoms with van der Waals surface area (Å²) in [5.74, 6) is 0. The predicted molar refractivity (Wildman–Crippen MR) is 50.8 cm³/mol. The van der Waals surface area contributed by atoms with E-state index in [1.165, 1.54) is 12.8 Å². The summed E-state index contributed by atoms with van der Waals surface area (Å²) in [7, 11) is 0. The number of hydrogen-bond acceptors (Lipinski definition) is 2. The van der Waals surface area contributed by atoms with Gasteiger partial charge in [-0.25, -0.2) is 9.97 Å². The lowest BCUT2D eigenvalue weighted by molar-refractivity contribution is 0.757. The minimum absolute atomic E-state index is 0.624. The van der Waals surface area contributed by atoms with Crippen LogP contribution in [0, 0.1) is 0 Å². The first kappa shape index (κ1) is 7.33. The van der Waals surface area contributed by atoms with Gasteiger partial charge in [0.05, 0.1) is 11.3 Å². The molecular formula is C9H8ClN3. The Morgan fingerprint density at radius 1 is 1.38 bits per heavy atom. The number of imidazole rings is 1. The lowest BCUT2D eigenvalue weighted by Gasteiger charge is -1.98. The van der Waals surface area contributed by atoms with Gasteiger partial charge in [-0.2, -0.15) is 0 Å². The Bertz CT molecular complexity index is 459. The number of fused-ring (bicyclic) bond motifs is 1. The summed E-state index contributed by atoms with van der Waals surface area (Å²) in [5.41, 5.74) is 1.84. The molecule has 4 heteroatoms. The molecular weight excluding hydrogens is 186 g/mol. The Morgan fingerprint density at radius 2 is 2.23 bits per heavy atom. The molecule has 0 unspecified atom stereocenters. The van der Waals surface area contributed by atoms with Crippen molar-refractivity contribution in [3.63, 3.8) is 0 Å². The van der Waals surface area contributed by atoms with Crippen molar-refractivity contribution in [2.24, 2.45) is 0 Å². The van der Waals surface area contributed by atoms with Crippen LogP contribution < -0.4 is 0 Å². The highest BCUT2D eigenvalue weighted by Gasteiger charge is 2.25. The Labute approximate surface area is 80.4 Å². The van der Waals surface area contributed by atoms with Gasteiger partial charge < -0.3 is 4.57 Å². The van der Waals surface area contributed by atoms with E-state index in [4.69, 9.17) is 11.6 Å². The molecule has 0 aromatic carbocycles. The number of pyridine rings is 1. The molecule has 1 aliphatic rings. The second kappa shape index (κ2) is 2.45. The first-order valence-corrected chi connectivity index (χ1v) is 4.70. The van der Waals surface area contributed by atoms with Gasteiger partial charge in [-0.3, -0.25) is 0 Å². The average Bonchev–Trinajstić information content (AvgIpc) is 2.87. The molecule has 0 aliphatic heterocycles. The topological polar surface area (TPSA) is 30.7 Å². The highest BCUT2D eigenvalue weighted by Crippen LogP contribution is 2.36. The second-order valence-electron chi connectivity index (χ2n) is 3.38. The SMILES string of the molecule is Clc1cnc2c(c1)ncn2C1CC1. The monoisotopic (exact) mass is 193 g/mol. The molecule has 0 bridgehead atoms. The first-order chi connectivity index (χ1) is 6.34. The molecule has 2 aromatic heterocycles. The molecule has 1 aliphatic carbocycles. The molecule has 3 nitrogen and oxygen atoms in total. The Morgan fingerprint density at radius 3 is 3.00 bits per heavy atom. The maximum absolute atomic E-state index is 5.81. The third-order valence-corrected chi connectivity index (χ3v) is 2.53. The summed E-state index contributed by atoms with van der Waals surface area (Å²) in [6.45, 7) is 0. The quantitative estimate of drug-likeness (QED) is 0.697. The highest BCUT2D eigenvalue weighted by molar-refractivity contribution is 6.31. The van der Waals surface area contributed by atoms with Crippen molar-refractivity contribution < 1.29 is 0 Å². The molecule has 66 valence electrons. The third-order valence-electron chi connectivity index (χ3n) is 2.32. The second-order valence-corrected chi connectivity index (χ2v) is 3.82. The Hall–Kier alpha value is -1.09. The lowest BCUT2D eigenvalue weighted by atomic mass is 10.4. The zero-order valence-electron chi connectivity index (χ0n) is 6.94. The summed E-state index contributed by atoms with van der Waals surface area (Å²) in [6, 6.07) is 2.47. The van der Waals surface area contributed by atoms with Gasteiger partial charge in [-0.05, 0) is 18.9 Å². The predicted octanol–water partition coefficient (Wildman–Crippen LogP) is 2.42. The van der Waals surface area contributed by atoms with Gasteiger partial charge in [0.2, 0.25) is 0 Å². The average molecular weight is 194 g/mol. The van der Waals surface area contributed by atoms with Crippen LogP contribution in [-0.4, -0.2) is 14.5 Å². The van der Waals surface area contributed by atoms with Crippen LogP contribution in [0.5, 0.6) is 0 Å². The molecule has 1 saturated carbocycles. The smallest absolute Gasteiger partial charge is 0.160 e. The van der Waals surface area contributed by atoms with Crippen LogP contribution in [-0.2, 0) is 0 Å². The van der Waals surface area contributed by atoms with E-state index >= 15 is 0 Å². The lowest BCUT2D eigenvalue weighted by Crippen LogP contribution is -1.92. The van der Waals surface area contributed by atoms with Crippen molar-refractivity contribution in [2.75, 3.05) is 0 Å². The largest absolute Gasteiger partial charge is 0.312 e. The number of aromatic nitrogens is 3. The Balaban J connectivity index is 2.26. The summed E-state index contributed by atoms with van der Waals surface area (Å²) in [4.78, 5) is 8.53. The molecule has 0 N–H and O–H groups in total. The van der Waals surface area contributed by atoms with Gasteiger partial charge in [0.15, 0.2) is 5.65 Å². The van der Waals surface area contributed by atoms with Gasteiger partial charge in [0.1, 0.15) is 5.52 Å². The first-order valence-electron chi connectivity index (χ1n) is 4.33. The van der Waals surface area contributed by atoms with Crippen molar-refractivity contribution in [3.05, 3.63) is 23.6 Å². The standard InChI is InChI=1S/C9H8ClN3/c10-6-3-8-9(11-4-6)13(5-12-8)7-1-2-7/h3-5,7H,1-2H2. The molecule has 0 radical (unpaired) electrons. The highest BCUT2D eigenvalue weighted by atomic mass is 35.5. The molecule has 2 heterocycles. The van der Waals surface area contributed by atoms with E-state index in [2.05, 4.69) is 14.5 Å². The van der Waals surface area contributed by atoms with Crippen molar-refractivity contribution in [3.8, 4) is 0 Å². The van der Waals surface area contributed by atoms with E-state index < -0.39 is 0 Å². The maximum Gasteiger partial charge on any atom is 0.160 e. The van der Waals surface area contributed by atoms with Crippen LogP contribution in [0.2, 0.25) is 5.02 Å². The van der Waals surface area contributed by atoms with E-state index in [9.17, 15) is 0 Å². The van der Waals surface area contributed by atoms with Crippen LogP contribution in [0.15, 0.2) is 18.6 Å². The molecule has 1 fully saturated rings. The number of rotatable bonds is 1. The van der Waals surface area contributed by atoms with Crippen LogP contribution in [0.25, 0.3) is 11.2 Å². The van der Waals surface area contributed by atoms with Crippen LogP contribution in [0.1, 0.15) is 18.9 Å². The van der Waals surface area contributed by atoms with E-state index in [-0.39, 0.29) is 0 Å². The van der Waals surface area contributed by atoms with Crippen molar-refractivity contribution in [2.45, 2.75) is 18.9 Å². The molecule has 0 spiro atoms. The zero-order valence-corrected chi connectivity index (χ0v) is 7.70. The third kappa shape index (κ3) is 1.11.